The van der Waals surface area contributed by atoms with Crippen molar-refractivity contribution < 1.29 is 13.9 Å². The first-order valence-electron chi connectivity index (χ1n) is 9.90. The Hall–Kier alpha value is -3.32. The molecule has 7 heteroatoms. The minimum absolute atomic E-state index is 0.100. The van der Waals surface area contributed by atoms with E-state index in [1.165, 1.54) is 6.07 Å². The van der Waals surface area contributed by atoms with Crippen molar-refractivity contribution in [1.29, 1.82) is 0 Å². The highest BCUT2D eigenvalue weighted by Gasteiger charge is 2.16. The van der Waals surface area contributed by atoms with Gasteiger partial charge >= 0.3 is 0 Å². The van der Waals surface area contributed by atoms with Gasteiger partial charge < -0.3 is 9.47 Å². The molecular weight excluding hydrogens is 413 g/mol. The van der Waals surface area contributed by atoms with Crippen LogP contribution in [-0.2, 0) is 6.61 Å². The molecule has 3 aromatic carbocycles. The van der Waals surface area contributed by atoms with Crippen LogP contribution >= 0.6 is 11.8 Å². The SMILES string of the molecule is Cc1ccccc1OCCSc1nnc(COc2ccccc2F)n1-c1ccccc1. The zero-order valence-corrected chi connectivity index (χ0v) is 17.9. The first-order chi connectivity index (χ1) is 15.2. The van der Waals surface area contributed by atoms with Crippen LogP contribution in [0.4, 0.5) is 4.39 Å². The van der Waals surface area contributed by atoms with Crippen LogP contribution < -0.4 is 9.47 Å². The summed E-state index contributed by atoms with van der Waals surface area (Å²) in [4.78, 5) is 0. The standard InChI is InChI=1S/C24H22FN3O2S/c1-18-9-5-7-13-21(18)29-15-16-31-24-27-26-23(28(24)19-10-3-2-4-11-19)17-30-22-14-8-6-12-20(22)25/h2-14H,15-17H2,1H3. The van der Waals surface area contributed by atoms with Gasteiger partial charge in [-0.05, 0) is 42.8 Å². The number of aryl methyl sites for hydroxylation is 1. The molecule has 0 fully saturated rings. The molecule has 0 aliphatic heterocycles. The molecule has 0 saturated heterocycles. The zero-order chi connectivity index (χ0) is 21.5. The fourth-order valence-electron chi connectivity index (χ4n) is 3.03. The molecule has 4 rings (SSSR count). The average Bonchev–Trinajstić information content (AvgIpc) is 3.20. The summed E-state index contributed by atoms with van der Waals surface area (Å²) in [5.74, 6) is 1.96. The number of para-hydroxylation sites is 3. The Bertz CT molecular complexity index is 1130. The van der Waals surface area contributed by atoms with Crippen LogP contribution in [0.3, 0.4) is 0 Å². The predicted molar refractivity (Wildman–Crippen MR) is 119 cm³/mol. The normalized spacial score (nSPS) is 10.8. The molecule has 31 heavy (non-hydrogen) atoms. The number of nitrogens with zero attached hydrogens (tertiary/aromatic N) is 3. The van der Waals surface area contributed by atoms with E-state index in [1.54, 1.807) is 30.0 Å². The lowest BCUT2D eigenvalue weighted by Crippen LogP contribution is -2.08. The zero-order valence-electron chi connectivity index (χ0n) is 17.1. The fraction of sp³-hybridized carbons (Fsp3) is 0.167. The summed E-state index contributed by atoms with van der Waals surface area (Å²) in [6.45, 7) is 2.66. The highest BCUT2D eigenvalue weighted by molar-refractivity contribution is 7.99. The van der Waals surface area contributed by atoms with Gasteiger partial charge in [0.25, 0.3) is 0 Å². The van der Waals surface area contributed by atoms with Gasteiger partial charge in [-0.3, -0.25) is 4.57 Å². The Morgan fingerprint density at radius 1 is 0.839 bits per heavy atom. The van der Waals surface area contributed by atoms with Gasteiger partial charge in [-0.15, -0.1) is 10.2 Å². The van der Waals surface area contributed by atoms with Crippen molar-refractivity contribution in [2.45, 2.75) is 18.7 Å². The maximum absolute atomic E-state index is 13.9. The van der Waals surface area contributed by atoms with E-state index < -0.39 is 5.82 Å². The number of ether oxygens (including phenoxy) is 2. The molecule has 5 nitrogen and oxygen atoms in total. The molecule has 0 radical (unpaired) electrons. The molecule has 0 spiro atoms. The van der Waals surface area contributed by atoms with Gasteiger partial charge in [-0.25, -0.2) is 4.39 Å². The lowest BCUT2D eigenvalue weighted by atomic mass is 10.2. The summed E-state index contributed by atoms with van der Waals surface area (Å²) >= 11 is 1.55. The molecule has 0 atom stereocenters. The highest BCUT2D eigenvalue weighted by atomic mass is 32.2. The Kier molecular flexibility index (Phi) is 6.84. The van der Waals surface area contributed by atoms with Gasteiger partial charge in [0.05, 0.1) is 6.61 Å². The van der Waals surface area contributed by atoms with Crippen LogP contribution in [0, 0.1) is 12.7 Å². The molecule has 158 valence electrons. The van der Waals surface area contributed by atoms with Gasteiger partial charge in [0, 0.05) is 11.4 Å². The summed E-state index contributed by atoms with van der Waals surface area (Å²) in [5.41, 5.74) is 2.02. The topological polar surface area (TPSA) is 49.2 Å². The van der Waals surface area contributed by atoms with E-state index in [4.69, 9.17) is 9.47 Å². The quantitative estimate of drug-likeness (QED) is 0.258. The number of halogens is 1. The van der Waals surface area contributed by atoms with Gasteiger partial charge in [0.15, 0.2) is 22.5 Å². The Morgan fingerprint density at radius 3 is 2.32 bits per heavy atom. The molecule has 0 unspecified atom stereocenters. The van der Waals surface area contributed by atoms with Crippen LogP contribution in [0.5, 0.6) is 11.5 Å². The second-order valence-corrected chi connectivity index (χ2v) is 7.81. The van der Waals surface area contributed by atoms with Crippen molar-refractivity contribution in [3.8, 4) is 17.2 Å². The molecule has 0 N–H and O–H groups in total. The van der Waals surface area contributed by atoms with E-state index in [0.717, 1.165) is 22.2 Å². The van der Waals surface area contributed by atoms with Crippen molar-refractivity contribution in [1.82, 2.24) is 14.8 Å². The lowest BCUT2D eigenvalue weighted by Gasteiger charge is -2.12. The lowest BCUT2D eigenvalue weighted by molar-refractivity contribution is 0.278. The molecule has 0 bridgehead atoms. The molecule has 1 heterocycles. The smallest absolute Gasteiger partial charge is 0.196 e. The van der Waals surface area contributed by atoms with E-state index in [2.05, 4.69) is 10.2 Å². The largest absolute Gasteiger partial charge is 0.492 e. The highest BCUT2D eigenvalue weighted by Crippen LogP contribution is 2.24. The maximum atomic E-state index is 13.9. The molecule has 0 saturated carbocycles. The predicted octanol–water partition coefficient (Wildman–Crippen LogP) is 5.46. The first-order valence-corrected chi connectivity index (χ1v) is 10.9. The first kappa shape index (κ1) is 20.9. The molecular formula is C24H22FN3O2S. The fourth-order valence-corrected chi connectivity index (χ4v) is 3.82. The van der Waals surface area contributed by atoms with Crippen molar-refractivity contribution in [2.75, 3.05) is 12.4 Å². The summed E-state index contributed by atoms with van der Waals surface area (Å²) < 4.78 is 27.4. The minimum atomic E-state index is -0.406. The summed E-state index contributed by atoms with van der Waals surface area (Å²) in [6, 6.07) is 24.1. The third-order valence-electron chi connectivity index (χ3n) is 4.57. The molecule has 0 amide bonds. The molecule has 4 aromatic rings. The van der Waals surface area contributed by atoms with Gasteiger partial charge in [-0.2, -0.15) is 0 Å². The van der Waals surface area contributed by atoms with Crippen molar-refractivity contribution in [3.05, 3.63) is 96.1 Å². The number of thioether (sulfide) groups is 1. The Morgan fingerprint density at radius 2 is 1.55 bits per heavy atom. The maximum Gasteiger partial charge on any atom is 0.196 e. The van der Waals surface area contributed by atoms with Gasteiger partial charge in [-0.1, -0.05) is 60.3 Å². The summed E-state index contributed by atoms with van der Waals surface area (Å²) in [6.07, 6.45) is 0. The van der Waals surface area contributed by atoms with E-state index in [0.29, 0.717) is 18.2 Å². The monoisotopic (exact) mass is 435 g/mol. The van der Waals surface area contributed by atoms with Crippen LogP contribution in [-0.4, -0.2) is 27.1 Å². The Balaban J connectivity index is 1.47. The number of benzene rings is 3. The average molecular weight is 436 g/mol. The number of aromatic nitrogens is 3. The van der Waals surface area contributed by atoms with Crippen LogP contribution in [0.1, 0.15) is 11.4 Å². The second-order valence-electron chi connectivity index (χ2n) is 6.75. The van der Waals surface area contributed by atoms with Crippen LogP contribution in [0.15, 0.2) is 84.0 Å². The van der Waals surface area contributed by atoms with Crippen molar-refractivity contribution in [2.24, 2.45) is 0 Å². The minimum Gasteiger partial charge on any atom is -0.492 e. The molecule has 0 aliphatic rings. The van der Waals surface area contributed by atoms with Gasteiger partial charge in [0.1, 0.15) is 12.4 Å². The summed E-state index contributed by atoms with van der Waals surface area (Å²) in [5, 5.41) is 9.36. The van der Waals surface area contributed by atoms with E-state index in [1.807, 2.05) is 66.1 Å². The third-order valence-corrected chi connectivity index (χ3v) is 5.47. The number of rotatable bonds is 9. The van der Waals surface area contributed by atoms with E-state index >= 15 is 0 Å². The molecule has 0 aliphatic carbocycles. The van der Waals surface area contributed by atoms with Gasteiger partial charge in [0.2, 0.25) is 0 Å². The Labute approximate surface area is 184 Å². The number of hydrogen-bond donors (Lipinski definition) is 0. The second kappa shape index (κ2) is 10.1. The van der Waals surface area contributed by atoms with Crippen LogP contribution in [0.25, 0.3) is 5.69 Å². The van der Waals surface area contributed by atoms with Crippen molar-refractivity contribution in [3.63, 3.8) is 0 Å². The molecule has 1 aromatic heterocycles. The van der Waals surface area contributed by atoms with Crippen molar-refractivity contribution >= 4 is 11.8 Å². The number of hydrogen-bond acceptors (Lipinski definition) is 5. The van der Waals surface area contributed by atoms with Crippen LogP contribution in [0.2, 0.25) is 0 Å². The summed E-state index contributed by atoms with van der Waals surface area (Å²) in [7, 11) is 0. The van der Waals surface area contributed by atoms with E-state index in [9.17, 15) is 4.39 Å². The third kappa shape index (κ3) is 5.24. The van der Waals surface area contributed by atoms with E-state index in [-0.39, 0.29) is 12.4 Å².